The molecule has 1 heterocycles. The fourth-order valence-corrected chi connectivity index (χ4v) is 3.12. The summed E-state index contributed by atoms with van der Waals surface area (Å²) in [4.78, 5) is 26.5. The molecule has 0 atom stereocenters. The molecule has 1 aliphatic rings. The zero-order valence-corrected chi connectivity index (χ0v) is 16.1. The van der Waals surface area contributed by atoms with E-state index < -0.39 is 11.8 Å². The molecule has 0 bridgehead atoms. The number of rotatable bonds is 6. The van der Waals surface area contributed by atoms with E-state index in [0.29, 0.717) is 17.1 Å². The van der Waals surface area contributed by atoms with E-state index in [1.54, 1.807) is 43.5 Å². The Labute approximate surface area is 163 Å². The Morgan fingerprint density at radius 1 is 0.926 bits per heavy atom. The summed E-state index contributed by atoms with van der Waals surface area (Å²) >= 11 is 6.21. The molecule has 5 nitrogen and oxygen atoms in total. The molecule has 6 heteroatoms. The van der Waals surface area contributed by atoms with Crippen LogP contribution in [0.4, 0.5) is 0 Å². The second-order valence-electron chi connectivity index (χ2n) is 6.42. The van der Waals surface area contributed by atoms with Crippen LogP contribution in [0.15, 0.2) is 53.6 Å². The van der Waals surface area contributed by atoms with Gasteiger partial charge in [-0.3, -0.25) is 14.5 Å². The number of halogens is 1. The minimum absolute atomic E-state index is 0.0494. The number of ether oxygens (including phenoxy) is 2. The lowest BCUT2D eigenvalue weighted by Gasteiger charge is -2.15. The average molecular weight is 386 g/mol. The molecule has 2 aromatic rings. The van der Waals surface area contributed by atoms with Crippen LogP contribution in [0.25, 0.3) is 5.57 Å². The summed E-state index contributed by atoms with van der Waals surface area (Å²) in [5, 5.41) is -0.0639. The number of imide groups is 1. The first-order valence-corrected chi connectivity index (χ1v) is 8.94. The summed E-state index contributed by atoms with van der Waals surface area (Å²) in [7, 11) is 1.58. The SMILES string of the molecule is COc1ccc(CN2C(=O)C(Cl)=C(c3ccc(OC(C)C)cc3)C2=O)cc1. The normalized spacial score (nSPS) is 14.3. The van der Waals surface area contributed by atoms with Gasteiger partial charge in [-0.15, -0.1) is 0 Å². The molecule has 0 saturated heterocycles. The van der Waals surface area contributed by atoms with E-state index >= 15 is 0 Å². The number of amides is 2. The molecular weight excluding hydrogens is 366 g/mol. The van der Waals surface area contributed by atoms with Gasteiger partial charge in [0.2, 0.25) is 0 Å². The highest BCUT2D eigenvalue weighted by Crippen LogP contribution is 2.33. The molecule has 0 unspecified atom stereocenters. The average Bonchev–Trinajstić information content (AvgIpc) is 2.86. The van der Waals surface area contributed by atoms with Gasteiger partial charge in [-0.1, -0.05) is 35.9 Å². The van der Waals surface area contributed by atoms with Gasteiger partial charge in [0, 0.05) is 0 Å². The lowest BCUT2D eigenvalue weighted by molar-refractivity contribution is -0.137. The van der Waals surface area contributed by atoms with Crippen LogP contribution in [0.2, 0.25) is 0 Å². The number of carbonyl (C=O) groups is 2. The van der Waals surface area contributed by atoms with E-state index in [1.165, 1.54) is 0 Å². The van der Waals surface area contributed by atoms with Gasteiger partial charge in [-0.25, -0.2) is 0 Å². The maximum absolute atomic E-state index is 12.8. The summed E-state index contributed by atoms with van der Waals surface area (Å²) < 4.78 is 10.7. The molecule has 0 radical (unpaired) electrons. The van der Waals surface area contributed by atoms with Crippen molar-refractivity contribution in [2.75, 3.05) is 7.11 Å². The summed E-state index contributed by atoms with van der Waals surface area (Å²) in [6, 6.07) is 14.2. The molecule has 1 aliphatic heterocycles. The van der Waals surface area contributed by atoms with Gasteiger partial charge in [0.15, 0.2) is 0 Å². The predicted molar refractivity (Wildman–Crippen MR) is 104 cm³/mol. The molecule has 2 aromatic carbocycles. The van der Waals surface area contributed by atoms with Crippen LogP contribution >= 0.6 is 11.6 Å². The fraction of sp³-hybridized carbons (Fsp3) is 0.238. The van der Waals surface area contributed by atoms with Gasteiger partial charge in [-0.2, -0.15) is 0 Å². The van der Waals surface area contributed by atoms with Crippen molar-refractivity contribution in [1.82, 2.24) is 4.90 Å². The van der Waals surface area contributed by atoms with E-state index in [9.17, 15) is 9.59 Å². The van der Waals surface area contributed by atoms with Crippen molar-refractivity contribution in [2.24, 2.45) is 0 Å². The minimum atomic E-state index is -0.491. The second kappa shape index (κ2) is 7.84. The molecule has 2 amide bonds. The maximum Gasteiger partial charge on any atom is 0.273 e. The molecule has 0 spiro atoms. The fourth-order valence-electron chi connectivity index (χ4n) is 2.83. The smallest absolute Gasteiger partial charge is 0.273 e. The second-order valence-corrected chi connectivity index (χ2v) is 6.80. The number of hydrogen-bond acceptors (Lipinski definition) is 4. The molecule has 27 heavy (non-hydrogen) atoms. The number of nitrogens with zero attached hydrogens (tertiary/aromatic N) is 1. The van der Waals surface area contributed by atoms with Gasteiger partial charge in [0.25, 0.3) is 11.8 Å². The molecule has 0 N–H and O–H groups in total. The first-order valence-electron chi connectivity index (χ1n) is 8.56. The Bertz CT molecular complexity index is 885. The standard InChI is InChI=1S/C21H20ClNO4/c1-13(2)27-17-10-6-15(7-11-17)18-19(22)21(25)23(20(18)24)12-14-4-8-16(26-3)9-5-14/h4-11,13H,12H2,1-3H3. The summed E-state index contributed by atoms with van der Waals surface area (Å²) in [5.74, 6) is 0.504. The van der Waals surface area contributed by atoms with Crippen LogP contribution in [-0.4, -0.2) is 29.9 Å². The van der Waals surface area contributed by atoms with Crippen molar-refractivity contribution >= 4 is 29.0 Å². The number of hydrogen-bond donors (Lipinski definition) is 0. The molecule has 0 saturated carbocycles. The van der Waals surface area contributed by atoms with Crippen LogP contribution in [0.1, 0.15) is 25.0 Å². The van der Waals surface area contributed by atoms with E-state index in [4.69, 9.17) is 21.1 Å². The minimum Gasteiger partial charge on any atom is -0.497 e. The summed E-state index contributed by atoms with van der Waals surface area (Å²) in [5.41, 5.74) is 1.61. The molecule has 0 fully saturated rings. The third kappa shape index (κ3) is 3.98. The predicted octanol–water partition coefficient (Wildman–Crippen LogP) is 4.00. The van der Waals surface area contributed by atoms with Gasteiger partial charge in [0.05, 0.1) is 25.3 Å². The van der Waals surface area contributed by atoms with E-state index in [1.807, 2.05) is 26.0 Å². The zero-order chi connectivity index (χ0) is 19.6. The van der Waals surface area contributed by atoms with Crippen molar-refractivity contribution in [3.05, 3.63) is 64.7 Å². The third-order valence-corrected chi connectivity index (χ3v) is 4.48. The highest BCUT2D eigenvalue weighted by Gasteiger charge is 2.38. The maximum atomic E-state index is 12.8. The van der Waals surface area contributed by atoms with Crippen LogP contribution in [0.5, 0.6) is 11.5 Å². The van der Waals surface area contributed by atoms with Crippen molar-refractivity contribution in [3.63, 3.8) is 0 Å². The van der Waals surface area contributed by atoms with Crippen LogP contribution < -0.4 is 9.47 Å². The number of benzene rings is 2. The highest BCUT2D eigenvalue weighted by atomic mass is 35.5. The third-order valence-electron chi connectivity index (χ3n) is 4.13. The lowest BCUT2D eigenvalue weighted by Crippen LogP contribution is -2.30. The topological polar surface area (TPSA) is 55.8 Å². The van der Waals surface area contributed by atoms with Crippen molar-refractivity contribution in [3.8, 4) is 11.5 Å². The highest BCUT2D eigenvalue weighted by molar-refractivity contribution is 6.55. The quantitative estimate of drug-likeness (QED) is 0.705. The molecule has 140 valence electrons. The Morgan fingerprint density at radius 3 is 2.07 bits per heavy atom. The van der Waals surface area contributed by atoms with Gasteiger partial charge in [0.1, 0.15) is 16.5 Å². The zero-order valence-electron chi connectivity index (χ0n) is 15.4. The van der Waals surface area contributed by atoms with Crippen molar-refractivity contribution < 1.29 is 19.1 Å². The largest absolute Gasteiger partial charge is 0.497 e. The lowest BCUT2D eigenvalue weighted by atomic mass is 10.1. The van der Waals surface area contributed by atoms with Crippen LogP contribution in [0.3, 0.4) is 0 Å². The van der Waals surface area contributed by atoms with Gasteiger partial charge >= 0.3 is 0 Å². The van der Waals surface area contributed by atoms with Gasteiger partial charge < -0.3 is 9.47 Å². The van der Waals surface area contributed by atoms with Crippen LogP contribution in [-0.2, 0) is 16.1 Å². The number of methoxy groups -OCH3 is 1. The number of carbonyl (C=O) groups excluding carboxylic acids is 2. The molecule has 3 rings (SSSR count). The van der Waals surface area contributed by atoms with E-state index in [2.05, 4.69) is 0 Å². The first kappa shape index (κ1) is 19.0. The van der Waals surface area contributed by atoms with E-state index in [0.717, 1.165) is 10.5 Å². The van der Waals surface area contributed by atoms with Gasteiger partial charge in [-0.05, 0) is 49.2 Å². The Hall–Kier alpha value is -2.79. The molecule has 0 aliphatic carbocycles. The Balaban J connectivity index is 1.81. The Kier molecular flexibility index (Phi) is 5.51. The molecule has 0 aromatic heterocycles. The van der Waals surface area contributed by atoms with Crippen LogP contribution in [0, 0.1) is 0 Å². The van der Waals surface area contributed by atoms with Crippen molar-refractivity contribution in [1.29, 1.82) is 0 Å². The monoisotopic (exact) mass is 385 g/mol. The summed E-state index contributed by atoms with van der Waals surface area (Å²) in [6.45, 7) is 4.02. The van der Waals surface area contributed by atoms with E-state index in [-0.39, 0.29) is 23.3 Å². The Morgan fingerprint density at radius 2 is 1.52 bits per heavy atom. The molecular formula is C21H20ClNO4. The summed E-state index contributed by atoms with van der Waals surface area (Å²) in [6.07, 6.45) is 0.0494. The van der Waals surface area contributed by atoms with Crippen molar-refractivity contribution in [2.45, 2.75) is 26.5 Å². The first-order chi connectivity index (χ1) is 12.9.